The minimum absolute atomic E-state index is 0.0577. The summed E-state index contributed by atoms with van der Waals surface area (Å²) in [4.78, 5) is 27.0. The molecule has 2 heterocycles. The Balaban J connectivity index is 1.97. The highest BCUT2D eigenvalue weighted by Crippen LogP contribution is 2.31. The number of anilines is 1. The number of rotatable bonds is 2. The van der Waals surface area contributed by atoms with Gasteiger partial charge in [-0.25, -0.2) is 8.42 Å². The summed E-state index contributed by atoms with van der Waals surface area (Å²) in [6.07, 6.45) is 0.201. The fourth-order valence-electron chi connectivity index (χ4n) is 3.07. The number of hydrogen-bond acceptors (Lipinski definition) is 4. The summed E-state index contributed by atoms with van der Waals surface area (Å²) in [5.74, 6) is -0.270. The summed E-state index contributed by atoms with van der Waals surface area (Å²) in [6.45, 7) is 2.23. The molecule has 2 aliphatic rings. The number of piperazine rings is 1. The van der Waals surface area contributed by atoms with Gasteiger partial charge in [0.05, 0.1) is 11.3 Å². The summed E-state index contributed by atoms with van der Waals surface area (Å²) in [5, 5.41) is 0. The molecule has 1 fully saturated rings. The van der Waals surface area contributed by atoms with Gasteiger partial charge < -0.3 is 9.80 Å². The molecule has 0 saturated carbocycles. The molecule has 1 saturated heterocycles. The fraction of sp³-hybridized carbons (Fsp3) is 0.467. The molecule has 1 unspecified atom stereocenters. The lowest BCUT2D eigenvalue weighted by Crippen LogP contribution is -2.56. The van der Waals surface area contributed by atoms with Crippen LogP contribution in [0.2, 0.25) is 0 Å². The first-order chi connectivity index (χ1) is 10.7. The van der Waals surface area contributed by atoms with E-state index >= 15 is 0 Å². The van der Waals surface area contributed by atoms with Crippen molar-refractivity contribution >= 4 is 27.5 Å². The Morgan fingerprint density at radius 2 is 1.83 bits per heavy atom. The van der Waals surface area contributed by atoms with Crippen molar-refractivity contribution in [3.63, 3.8) is 0 Å². The van der Waals surface area contributed by atoms with Crippen LogP contribution in [-0.2, 0) is 26.0 Å². The van der Waals surface area contributed by atoms with E-state index < -0.39 is 16.1 Å². The molecule has 8 heteroatoms. The van der Waals surface area contributed by atoms with Gasteiger partial charge in [-0.3, -0.25) is 9.59 Å². The summed E-state index contributed by atoms with van der Waals surface area (Å²) in [5.41, 5.74) is 1.43. The van der Waals surface area contributed by atoms with Gasteiger partial charge in [0, 0.05) is 32.9 Å². The van der Waals surface area contributed by atoms with Crippen LogP contribution in [0.3, 0.4) is 0 Å². The molecule has 1 atom stereocenters. The third-order valence-electron chi connectivity index (χ3n) is 4.56. The molecular formula is C15H19N3O4S. The van der Waals surface area contributed by atoms with Gasteiger partial charge in [0.1, 0.15) is 6.04 Å². The van der Waals surface area contributed by atoms with Gasteiger partial charge in [-0.15, -0.1) is 0 Å². The minimum Gasteiger partial charge on any atom is -0.343 e. The molecule has 0 aromatic heterocycles. The molecule has 0 spiro atoms. The van der Waals surface area contributed by atoms with Crippen molar-refractivity contribution in [3.05, 3.63) is 23.8 Å². The molecule has 1 aromatic carbocycles. The standard InChI is InChI=1S/C15H19N3O4S/c1-10-15(20)16(2)6-7-18(10)23(21,22)12-4-5-13-11(8-12)9-14(19)17(13)3/h4-5,8,10H,6-7,9H2,1-3H3. The SMILES string of the molecule is CC1C(=O)N(C)CCN1S(=O)(=O)c1ccc2c(c1)CC(=O)N2C. The van der Waals surface area contributed by atoms with E-state index in [1.807, 2.05) is 0 Å². The average Bonchev–Trinajstić information content (AvgIpc) is 2.79. The zero-order valence-corrected chi connectivity index (χ0v) is 14.1. The lowest BCUT2D eigenvalue weighted by atomic mass is 10.2. The minimum atomic E-state index is -3.77. The Kier molecular flexibility index (Phi) is 3.68. The number of amides is 2. The van der Waals surface area contributed by atoms with Crippen molar-refractivity contribution in [3.8, 4) is 0 Å². The Morgan fingerprint density at radius 1 is 1.13 bits per heavy atom. The second-order valence-corrected chi connectivity index (χ2v) is 7.86. The quantitative estimate of drug-likeness (QED) is 0.764. The Hall–Kier alpha value is -1.93. The number of carbonyl (C=O) groups excluding carboxylic acids is 2. The first kappa shape index (κ1) is 15.9. The number of hydrogen-bond donors (Lipinski definition) is 0. The van der Waals surface area contributed by atoms with Crippen LogP contribution in [0, 0.1) is 0 Å². The predicted octanol–water partition coefficient (Wildman–Crippen LogP) is 0.0567. The number of sulfonamides is 1. The molecule has 7 nitrogen and oxygen atoms in total. The van der Waals surface area contributed by atoms with Crippen LogP contribution < -0.4 is 4.90 Å². The van der Waals surface area contributed by atoms with Crippen molar-refractivity contribution in [2.75, 3.05) is 32.1 Å². The van der Waals surface area contributed by atoms with Crippen LogP contribution in [0.1, 0.15) is 12.5 Å². The molecule has 124 valence electrons. The van der Waals surface area contributed by atoms with Crippen LogP contribution in [0.25, 0.3) is 0 Å². The van der Waals surface area contributed by atoms with Gasteiger partial charge in [0.2, 0.25) is 21.8 Å². The summed E-state index contributed by atoms with van der Waals surface area (Å²) in [6, 6.07) is 3.96. The smallest absolute Gasteiger partial charge is 0.243 e. The van der Waals surface area contributed by atoms with Gasteiger partial charge in [-0.05, 0) is 30.7 Å². The first-order valence-electron chi connectivity index (χ1n) is 7.40. The van der Waals surface area contributed by atoms with E-state index in [-0.39, 0.29) is 29.7 Å². The van der Waals surface area contributed by atoms with Crippen LogP contribution >= 0.6 is 0 Å². The van der Waals surface area contributed by atoms with Gasteiger partial charge in [-0.2, -0.15) is 4.31 Å². The topological polar surface area (TPSA) is 78.0 Å². The third-order valence-corrected chi connectivity index (χ3v) is 6.52. The Bertz CT molecular complexity index is 790. The van der Waals surface area contributed by atoms with Crippen molar-refractivity contribution in [2.24, 2.45) is 0 Å². The number of fused-ring (bicyclic) bond motifs is 1. The maximum absolute atomic E-state index is 12.9. The van der Waals surface area contributed by atoms with E-state index in [4.69, 9.17) is 0 Å². The van der Waals surface area contributed by atoms with E-state index in [1.165, 1.54) is 20.2 Å². The zero-order valence-electron chi connectivity index (χ0n) is 13.3. The van der Waals surface area contributed by atoms with Crippen LogP contribution in [0.4, 0.5) is 5.69 Å². The second kappa shape index (κ2) is 5.31. The second-order valence-electron chi connectivity index (χ2n) is 5.97. The third kappa shape index (κ3) is 2.42. The highest BCUT2D eigenvalue weighted by molar-refractivity contribution is 7.89. The molecule has 3 rings (SSSR count). The molecule has 0 N–H and O–H groups in total. The Morgan fingerprint density at radius 3 is 2.52 bits per heavy atom. The molecular weight excluding hydrogens is 318 g/mol. The number of nitrogens with zero attached hydrogens (tertiary/aromatic N) is 3. The van der Waals surface area contributed by atoms with Gasteiger partial charge in [-0.1, -0.05) is 0 Å². The van der Waals surface area contributed by atoms with Crippen molar-refractivity contribution < 1.29 is 18.0 Å². The molecule has 0 aliphatic carbocycles. The van der Waals surface area contributed by atoms with Crippen LogP contribution in [-0.4, -0.2) is 62.7 Å². The number of likely N-dealkylation sites (N-methyl/N-ethyl adjacent to an activating group) is 2. The maximum Gasteiger partial charge on any atom is 0.243 e. The number of benzene rings is 1. The summed E-state index contributed by atoms with van der Waals surface area (Å²) >= 11 is 0. The van der Waals surface area contributed by atoms with E-state index in [2.05, 4.69) is 0 Å². The average molecular weight is 337 g/mol. The molecule has 23 heavy (non-hydrogen) atoms. The molecule has 2 aliphatic heterocycles. The Labute approximate surface area is 135 Å². The predicted molar refractivity (Wildman–Crippen MR) is 84.5 cm³/mol. The van der Waals surface area contributed by atoms with Crippen molar-refractivity contribution in [1.29, 1.82) is 0 Å². The normalized spacial score (nSPS) is 22.7. The van der Waals surface area contributed by atoms with Crippen molar-refractivity contribution in [2.45, 2.75) is 24.3 Å². The van der Waals surface area contributed by atoms with E-state index in [1.54, 1.807) is 33.2 Å². The lowest BCUT2D eigenvalue weighted by molar-refractivity contribution is -0.136. The highest BCUT2D eigenvalue weighted by atomic mass is 32.2. The van der Waals surface area contributed by atoms with E-state index in [0.29, 0.717) is 12.1 Å². The first-order valence-corrected chi connectivity index (χ1v) is 8.84. The highest BCUT2D eigenvalue weighted by Gasteiger charge is 2.38. The summed E-state index contributed by atoms with van der Waals surface area (Å²) < 4.78 is 27.0. The fourth-order valence-corrected chi connectivity index (χ4v) is 4.70. The number of carbonyl (C=O) groups is 2. The maximum atomic E-state index is 12.9. The lowest BCUT2D eigenvalue weighted by Gasteiger charge is -2.36. The van der Waals surface area contributed by atoms with Gasteiger partial charge >= 0.3 is 0 Å². The van der Waals surface area contributed by atoms with E-state index in [0.717, 1.165) is 5.69 Å². The monoisotopic (exact) mass is 337 g/mol. The molecule has 0 radical (unpaired) electrons. The van der Waals surface area contributed by atoms with Crippen LogP contribution in [0.15, 0.2) is 23.1 Å². The van der Waals surface area contributed by atoms with Crippen LogP contribution in [0.5, 0.6) is 0 Å². The summed E-state index contributed by atoms with van der Waals surface area (Å²) in [7, 11) is -0.432. The van der Waals surface area contributed by atoms with Crippen molar-refractivity contribution in [1.82, 2.24) is 9.21 Å². The molecule has 2 amide bonds. The zero-order chi connectivity index (χ0) is 16.9. The van der Waals surface area contributed by atoms with Gasteiger partial charge in [0.15, 0.2) is 0 Å². The largest absolute Gasteiger partial charge is 0.343 e. The molecule has 0 bridgehead atoms. The molecule has 1 aromatic rings. The van der Waals surface area contributed by atoms with Gasteiger partial charge in [0.25, 0.3) is 0 Å². The van der Waals surface area contributed by atoms with E-state index in [9.17, 15) is 18.0 Å².